The Morgan fingerprint density at radius 2 is 1.54 bits per heavy atom. The lowest BCUT2D eigenvalue weighted by molar-refractivity contribution is 0.0584. The van der Waals surface area contributed by atoms with E-state index in [0.29, 0.717) is 31.9 Å². The molecule has 0 radical (unpaired) electrons. The van der Waals surface area contributed by atoms with Crippen LogP contribution in [0.2, 0.25) is 0 Å². The van der Waals surface area contributed by atoms with E-state index in [0.717, 1.165) is 27.4 Å². The van der Waals surface area contributed by atoms with Crippen molar-refractivity contribution >= 4 is 39.9 Å². The Balaban J connectivity index is 1.43. The summed E-state index contributed by atoms with van der Waals surface area (Å²) in [4.78, 5) is 18.6. The number of esters is 1. The van der Waals surface area contributed by atoms with E-state index in [1.54, 1.807) is 17.5 Å². The first-order chi connectivity index (χ1) is 17.1. The third-order valence-electron chi connectivity index (χ3n) is 5.20. The molecule has 3 aromatic carbocycles. The Labute approximate surface area is 221 Å². The number of carbonyl (C=O) groups is 1. The highest BCUT2D eigenvalue weighted by molar-refractivity contribution is 14.1. The van der Waals surface area contributed by atoms with Crippen molar-refractivity contribution in [2.75, 3.05) is 4.61 Å². The van der Waals surface area contributed by atoms with E-state index in [2.05, 4.69) is 9.88 Å². The molecule has 0 saturated carbocycles. The van der Waals surface area contributed by atoms with Crippen LogP contribution in [0, 0.1) is 5.82 Å². The molecule has 35 heavy (non-hydrogen) atoms. The molecule has 0 amide bonds. The van der Waals surface area contributed by atoms with Crippen LogP contribution in [0.15, 0.2) is 84.2 Å². The van der Waals surface area contributed by atoms with Crippen molar-refractivity contribution in [2.24, 2.45) is 0 Å². The lowest BCUT2D eigenvalue weighted by Crippen LogP contribution is -2.22. The van der Waals surface area contributed by atoms with Gasteiger partial charge in [0.15, 0.2) is 5.69 Å². The first-order valence-corrected chi connectivity index (χ1v) is 13.4. The molecule has 5 nitrogen and oxygen atoms in total. The molecule has 8 heteroatoms. The summed E-state index contributed by atoms with van der Waals surface area (Å²) in [5.74, 6) is 0.129. The molecular formula is C27H24FIN2O3S. The van der Waals surface area contributed by atoms with Gasteiger partial charge in [-0.15, -0.1) is 11.3 Å². The highest BCUT2D eigenvalue weighted by Gasteiger charge is 2.15. The normalized spacial score (nSPS) is 10.9. The van der Waals surface area contributed by atoms with Gasteiger partial charge in [0.25, 0.3) is 0 Å². The first kappa shape index (κ1) is 25.3. The molecule has 0 aliphatic carbocycles. The smallest absolute Gasteiger partial charge is 0.358 e. The Morgan fingerprint density at radius 1 is 0.886 bits per heavy atom. The second kappa shape index (κ2) is 12.8. The molecule has 4 rings (SSSR count). The van der Waals surface area contributed by atoms with Gasteiger partial charge in [0.1, 0.15) is 27.8 Å². The van der Waals surface area contributed by atoms with Gasteiger partial charge in [-0.3, -0.25) is 4.90 Å². The number of halogens is 2. The van der Waals surface area contributed by atoms with Crippen molar-refractivity contribution in [3.63, 3.8) is 0 Å². The minimum absolute atomic E-state index is 0.260. The van der Waals surface area contributed by atoms with Gasteiger partial charge in [-0.2, -0.15) is 0 Å². The quantitative estimate of drug-likeness (QED) is 0.110. The van der Waals surface area contributed by atoms with Gasteiger partial charge in [0.05, 0.1) is 6.54 Å². The number of carbonyl (C=O) groups excluding carboxylic acids is 1. The Morgan fingerprint density at radius 3 is 2.20 bits per heavy atom. The van der Waals surface area contributed by atoms with Crippen molar-refractivity contribution in [3.05, 3.63) is 117 Å². The molecular weight excluding hydrogens is 578 g/mol. The van der Waals surface area contributed by atoms with Crippen LogP contribution in [0.1, 0.15) is 32.2 Å². The van der Waals surface area contributed by atoms with Crippen LogP contribution in [0.3, 0.4) is 0 Å². The van der Waals surface area contributed by atoms with E-state index < -0.39 is 5.97 Å². The summed E-state index contributed by atoms with van der Waals surface area (Å²) in [5.41, 5.74) is 3.55. The molecule has 0 atom stereocenters. The summed E-state index contributed by atoms with van der Waals surface area (Å²) in [5, 5.41) is 2.54. The van der Waals surface area contributed by atoms with Gasteiger partial charge < -0.3 is 9.47 Å². The van der Waals surface area contributed by atoms with Gasteiger partial charge in [-0.25, -0.2) is 14.2 Å². The molecule has 4 aromatic rings. The zero-order valence-corrected chi connectivity index (χ0v) is 21.9. The summed E-state index contributed by atoms with van der Waals surface area (Å²) < 4.78 is 24.6. The average molecular weight is 602 g/mol. The zero-order chi connectivity index (χ0) is 24.5. The standard InChI is InChI=1S/C27H24FIN2O3S/c28-23-10-6-20(7-11-23)14-31(16-26-30-25(18-35-26)27(32)34-19-29)15-21-8-12-24(13-9-21)33-17-22-4-2-1-3-5-22/h1-13,18H,14-17,19H2. The Hall–Kier alpha value is -2.82. The lowest BCUT2D eigenvalue weighted by Gasteiger charge is -2.22. The topological polar surface area (TPSA) is 51.7 Å². The van der Waals surface area contributed by atoms with Crippen LogP contribution in [-0.2, 0) is 31.0 Å². The predicted octanol–water partition coefficient (Wildman–Crippen LogP) is 6.61. The molecule has 0 spiro atoms. The van der Waals surface area contributed by atoms with Crippen molar-refractivity contribution in [1.29, 1.82) is 0 Å². The highest BCUT2D eigenvalue weighted by atomic mass is 127. The lowest BCUT2D eigenvalue weighted by atomic mass is 10.1. The van der Waals surface area contributed by atoms with Crippen molar-refractivity contribution in [2.45, 2.75) is 26.2 Å². The molecule has 0 aliphatic rings. The van der Waals surface area contributed by atoms with Crippen molar-refractivity contribution in [3.8, 4) is 5.75 Å². The van der Waals surface area contributed by atoms with Gasteiger partial charge in [-0.1, -0.05) is 54.6 Å². The Bertz CT molecular complexity index is 1220. The molecule has 180 valence electrons. The molecule has 0 bridgehead atoms. The number of rotatable bonds is 11. The number of aromatic nitrogens is 1. The second-order valence-electron chi connectivity index (χ2n) is 7.86. The van der Waals surface area contributed by atoms with E-state index in [9.17, 15) is 9.18 Å². The molecule has 1 heterocycles. The largest absolute Gasteiger partial charge is 0.489 e. The fourth-order valence-electron chi connectivity index (χ4n) is 3.50. The third kappa shape index (κ3) is 7.84. The van der Waals surface area contributed by atoms with E-state index in [1.165, 1.54) is 23.5 Å². The van der Waals surface area contributed by atoms with Gasteiger partial charge in [0, 0.05) is 18.5 Å². The summed E-state index contributed by atoms with van der Waals surface area (Å²) in [6.07, 6.45) is 0. The number of hydrogen-bond acceptors (Lipinski definition) is 6. The molecule has 0 unspecified atom stereocenters. The maximum Gasteiger partial charge on any atom is 0.358 e. The molecule has 0 aliphatic heterocycles. The summed E-state index contributed by atoms with van der Waals surface area (Å²) in [7, 11) is 0. The van der Waals surface area contributed by atoms with E-state index in [1.807, 2.05) is 77.2 Å². The maximum absolute atomic E-state index is 13.4. The van der Waals surface area contributed by atoms with E-state index in [4.69, 9.17) is 9.47 Å². The number of ether oxygens (including phenoxy) is 2. The fraction of sp³-hybridized carbons (Fsp3) is 0.185. The highest BCUT2D eigenvalue weighted by Crippen LogP contribution is 2.20. The summed E-state index contributed by atoms with van der Waals surface area (Å²) in [6.45, 7) is 2.33. The first-order valence-electron chi connectivity index (χ1n) is 11.0. The SMILES string of the molecule is O=C(OCI)c1csc(CN(Cc2ccc(F)cc2)Cc2ccc(OCc3ccccc3)cc2)n1. The third-order valence-corrected chi connectivity index (χ3v) is 6.35. The van der Waals surface area contributed by atoms with Crippen molar-refractivity contribution in [1.82, 2.24) is 9.88 Å². The van der Waals surface area contributed by atoms with Crippen LogP contribution < -0.4 is 4.74 Å². The minimum atomic E-state index is -0.418. The maximum atomic E-state index is 13.4. The summed E-state index contributed by atoms with van der Waals surface area (Å²) in [6, 6.07) is 24.6. The molecule has 0 fully saturated rings. The second-order valence-corrected chi connectivity index (χ2v) is 9.42. The number of benzene rings is 3. The van der Waals surface area contributed by atoms with Crippen LogP contribution >= 0.6 is 33.9 Å². The predicted molar refractivity (Wildman–Crippen MR) is 143 cm³/mol. The molecule has 0 saturated heterocycles. The van der Waals surface area contributed by atoms with Crippen LogP contribution in [0.5, 0.6) is 5.75 Å². The van der Waals surface area contributed by atoms with Crippen LogP contribution in [-0.4, -0.2) is 20.5 Å². The summed E-state index contributed by atoms with van der Waals surface area (Å²) >= 11 is 3.41. The van der Waals surface area contributed by atoms with Crippen molar-refractivity contribution < 1.29 is 18.7 Å². The van der Waals surface area contributed by atoms with Gasteiger partial charge >= 0.3 is 5.97 Å². The van der Waals surface area contributed by atoms with E-state index >= 15 is 0 Å². The molecule has 1 aromatic heterocycles. The zero-order valence-electron chi connectivity index (χ0n) is 18.9. The number of nitrogens with zero attached hydrogens (tertiary/aromatic N) is 2. The number of alkyl halides is 1. The number of thiazole rings is 1. The average Bonchev–Trinajstić information content (AvgIpc) is 3.34. The monoisotopic (exact) mass is 602 g/mol. The Kier molecular flexibility index (Phi) is 9.21. The molecule has 0 N–H and O–H groups in total. The van der Waals surface area contributed by atoms with Gasteiger partial charge in [-0.05, 0) is 63.5 Å². The number of hydrogen-bond donors (Lipinski definition) is 0. The van der Waals surface area contributed by atoms with Gasteiger partial charge in [0.2, 0.25) is 0 Å². The van der Waals surface area contributed by atoms with Crippen LogP contribution in [0.4, 0.5) is 4.39 Å². The van der Waals surface area contributed by atoms with Crippen LogP contribution in [0.25, 0.3) is 0 Å². The minimum Gasteiger partial charge on any atom is -0.489 e. The van der Waals surface area contributed by atoms with E-state index in [-0.39, 0.29) is 10.4 Å². The fourth-order valence-corrected chi connectivity index (χ4v) is 4.59.